The van der Waals surface area contributed by atoms with Crippen molar-refractivity contribution >= 4 is 5.96 Å². The van der Waals surface area contributed by atoms with Gasteiger partial charge in [0, 0.05) is 39.3 Å². The van der Waals surface area contributed by atoms with Crippen LogP contribution in [-0.2, 0) is 4.74 Å². The van der Waals surface area contributed by atoms with Gasteiger partial charge in [0.05, 0.1) is 0 Å². The highest BCUT2D eigenvalue weighted by Gasteiger charge is 2.05. The van der Waals surface area contributed by atoms with Crippen LogP contribution in [-0.4, -0.2) is 39.3 Å². The number of nitrogens with one attached hydrogen (secondary N) is 2. The zero-order valence-corrected chi connectivity index (χ0v) is 13.8. The molecule has 0 radical (unpaired) electrons. The molecule has 0 aliphatic heterocycles. The number of hydrogen-bond donors (Lipinski definition) is 2. The van der Waals surface area contributed by atoms with Crippen molar-refractivity contribution in [2.24, 2.45) is 4.99 Å². The first kappa shape index (κ1) is 17.5. The van der Waals surface area contributed by atoms with Gasteiger partial charge < -0.3 is 15.4 Å². The van der Waals surface area contributed by atoms with Crippen molar-refractivity contribution in [1.82, 2.24) is 10.6 Å². The van der Waals surface area contributed by atoms with Gasteiger partial charge in [0.15, 0.2) is 5.96 Å². The number of aryl methyl sites for hydroxylation is 1. The molecule has 4 heteroatoms. The molecule has 1 aromatic carbocycles. The molecule has 0 amide bonds. The van der Waals surface area contributed by atoms with Crippen LogP contribution >= 0.6 is 0 Å². The Kier molecular flexibility index (Phi) is 8.51. The van der Waals surface area contributed by atoms with Crippen molar-refractivity contribution in [3.63, 3.8) is 0 Å². The fourth-order valence-electron chi connectivity index (χ4n) is 1.99. The van der Waals surface area contributed by atoms with Gasteiger partial charge in [-0.25, -0.2) is 0 Å². The molecule has 1 rings (SSSR count). The fraction of sp³-hybridized carbons (Fsp3) is 0.588. The molecule has 0 saturated carbocycles. The number of benzene rings is 1. The Labute approximate surface area is 129 Å². The lowest BCUT2D eigenvalue weighted by Crippen LogP contribution is -2.38. The molecule has 1 unspecified atom stereocenters. The molecule has 0 spiro atoms. The lowest BCUT2D eigenvalue weighted by Gasteiger charge is -2.14. The van der Waals surface area contributed by atoms with Gasteiger partial charge in [-0.3, -0.25) is 4.99 Å². The standard InChI is InChI=1S/C17H29N3O/c1-5-18-17(19-11-6-12-21-4)20-13-15(3)16-9-7-14(2)8-10-16/h7-10,15H,5-6,11-13H2,1-4H3,(H2,18,19,20). The van der Waals surface area contributed by atoms with Crippen molar-refractivity contribution in [1.29, 1.82) is 0 Å². The molecule has 1 aromatic rings. The highest BCUT2D eigenvalue weighted by Crippen LogP contribution is 2.15. The van der Waals surface area contributed by atoms with E-state index in [1.54, 1.807) is 7.11 Å². The Hall–Kier alpha value is -1.55. The Morgan fingerprint density at radius 1 is 1.24 bits per heavy atom. The van der Waals surface area contributed by atoms with Crippen molar-refractivity contribution < 1.29 is 4.74 Å². The zero-order chi connectivity index (χ0) is 15.5. The summed E-state index contributed by atoms with van der Waals surface area (Å²) in [4.78, 5) is 4.66. The van der Waals surface area contributed by atoms with Gasteiger partial charge in [-0.2, -0.15) is 0 Å². The highest BCUT2D eigenvalue weighted by molar-refractivity contribution is 5.79. The molecule has 0 bridgehead atoms. The van der Waals surface area contributed by atoms with Crippen LogP contribution < -0.4 is 10.6 Å². The molecule has 0 heterocycles. The van der Waals surface area contributed by atoms with E-state index in [9.17, 15) is 0 Å². The molecular weight excluding hydrogens is 262 g/mol. The topological polar surface area (TPSA) is 45.7 Å². The normalized spacial score (nSPS) is 13.0. The highest BCUT2D eigenvalue weighted by atomic mass is 16.5. The van der Waals surface area contributed by atoms with Crippen molar-refractivity contribution in [2.45, 2.75) is 33.1 Å². The predicted molar refractivity (Wildman–Crippen MR) is 90.1 cm³/mol. The second-order valence-electron chi connectivity index (χ2n) is 5.30. The third kappa shape index (κ3) is 7.14. The summed E-state index contributed by atoms with van der Waals surface area (Å²) in [6.45, 7) is 9.70. The van der Waals surface area contributed by atoms with E-state index in [0.717, 1.165) is 38.6 Å². The third-order valence-electron chi connectivity index (χ3n) is 3.33. The molecule has 118 valence electrons. The lowest BCUT2D eigenvalue weighted by atomic mass is 10.0. The summed E-state index contributed by atoms with van der Waals surface area (Å²) in [5, 5.41) is 6.60. The predicted octanol–water partition coefficient (Wildman–Crippen LogP) is 2.69. The Bertz CT molecular complexity index is 415. The van der Waals surface area contributed by atoms with E-state index >= 15 is 0 Å². The Balaban J connectivity index is 2.49. The SMILES string of the molecule is CCNC(=NCC(C)c1ccc(C)cc1)NCCCOC. The van der Waals surface area contributed by atoms with Gasteiger partial charge in [-0.1, -0.05) is 36.8 Å². The van der Waals surface area contributed by atoms with Gasteiger partial charge >= 0.3 is 0 Å². The van der Waals surface area contributed by atoms with E-state index in [1.165, 1.54) is 11.1 Å². The molecule has 0 aliphatic carbocycles. The first-order valence-electron chi connectivity index (χ1n) is 7.75. The summed E-state index contributed by atoms with van der Waals surface area (Å²) >= 11 is 0. The molecule has 4 nitrogen and oxygen atoms in total. The summed E-state index contributed by atoms with van der Waals surface area (Å²) in [5.74, 6) is 1.30. The molecule has 2 N–H and O–H groups in total. The first-order valence-corrected chi connectivity index (χ1v) is 7.75. The number of hydrogen-bond acceptors (Lipinski definition) is 2. The molecule has 0 saturated heterocycles. The van der Waals surface area contributed by atoms with E-state index in [0.29, 0.717) is 5.92 Å². The van der Waals surface area contributed by atoms with Crippen LogP contribution in [0.1, 0.15) is 37.3 Å². The largest absolute Gasteiger partial charge is 0.385 e. The Morgan fingerprint density at radius 3 is 2.57 bits per heavy atom. The van der Waals surface area contributed by atoms with Crippen LogP contribution in [0.25, 0.3) is 0 Å². The van der Waals surface area contributed by atoms with Crippen molar-refractivity contribution in [3.05, 3.63) is 35.4 Å². The average Bonchev–Trinajstić information content (AvgIpc) is 2.49. The maximum absolute atomic E-state index is 5.05. The van der Waals surface area contributed by atoms with Crippen LogP contribution in [0.15, 0.2) is 29.3 Å². The second kappa shape index (κ2) is 10.2. The van der Waals surface area contributed by atoms with Crippen LogP contribution in [0.5, 0.6) is 0 Å². The number of methoxy groups -OCH3 is 1. The quantitative estimate of drug-likeness (QED) is 0.440. The van der Waals surface area contributed by atoms with E-state index in [1.807, 2.05) is 0 Å². The number of ether oxygens (including phenoxy) is 1. The van der Waals surface area contributed by atoms with Crippen molar-refractivity contribution in [2.75, 3.05) is 33.4 Å². The molecule has 21 heavy (non-hydrogen) atoms. The second-order valence-corrected chi connectivity index (χ2v) is 5.30. The van der Waals surface area contributed by atoms with E-state index in [-0.39, 0.29) is 0 Å². The minimum Gasteiger partial charge on any atom is -0.385 e. The molecule has 0 aliphatic rings. The van der Waals surface area contributed by atoms with Gasteiger partial charge in [-0.05, 0) is 25.8 Å². The van der Waals surface area contributed by atoms with E-state index in [2.05, 4.69) is 60.7 Å². The van der Waals surface area contributed by atoms with Gasteiger partial charge in [0.25, 0.3) is 0 Å². The number of nitrogens with zero attached hydrogens (tertiary/aromatic N) is 1. The minimum atomic E-state index is 0.417. The number of guanidine groups is 1. The fourth-order valence-corrected chi connectivity index (χ4v) is 1.99. The van der Waals surface area contributed by atoms with Crippen LogP contribution in [0, 0.1) is 6.92 Å². The monoisotopic (exact) mass is 291 g/mol. The first-order chi connectivity index (χ1) is 10.2. The number of rotatable bonds is 8. The summed E-state index contributed by atoms with van der Waals surface area (Å²) in [6.07, 6.45) is 0.981. The molecule has 1 atom stereocenters. The van der Waals surface area contributed by atoms with Gasteiger partial charge in [-0.15, -0.1) is 0 Å². The summed E-state index contributed by atoms with van der Waals surface area (Å²) in [5.41, 5.74) is 2.63. The van der Waals surface area contributed by atoms with Crippen molar-refractivity contribution in [3.8, 4) is 0 Å². The molecule has 0 fully saturated rings. The third-order valence-corrected chi connectivity index (χ3v) is 3.33. The van der Waals surface area contributed by atoms with Crippen LogP contribution in [0.2, 0.25) is 0 Å². The van der Waals surface area contributed by atoms with Gasteiger partial charge in [0.2, 0.25) is 0 Å². The van der Waals surface area contributed by atoms with Crippen LogP contribution in [0.3, 0.4) is 0 Å². The number of aliphatic imine (C=N–C) groups is 1. The maximum atomic E-state index is 5.05. The lowest BCUT2D eigenvalue weighted by molar-refractivity contribution is 0.195. The minimum absolute atomic E-state index is 0.417. The average molecular weight is 291 g/mol. The maximum Gasteiger partial charge on any atom is 0.191 e. The smallest absolute Gasteiger partial charge is 0.191 e. The van der Waals surface area contributed by atoms with Gasteiger partial charge in [0.1, 0.15) is 0 Å². The van der Waals surface area contributed by atoms with Crippen LogP contribution in [0.4, 0.5) is 0 Å². The summed E-state index contributed by atoms with van der Waals surface area (Å²) in [6, 6.07) is 8.69. The molecule has 0 aromatic heterocycles. The molecular formula is C17H29N3O. The van der Waals surface area contributed by atoms with E-state index < -0.39 is 0 Å². The summed E-state index contributed by atoms with van der Waals surface area (Å²) < 4.78 is 5.05. The Morgan fingerprint density at radius 2 is 1.95 bits per heavy atom. The zero-order valence-electron chi connectivity index (χ0n) is 13.8. The summed E-state index contributed by atoms with van der Waals surface area (Å²) in [7, 11) is 1.72. The van der Waals surface area contributed by atoms with E-state index in [4.69, 9.17) is 4.74 Å².